The smallest absolute Gasteiger partial charge is 0.250 e. The Kier molecular flexibility index (Phi) is 2.84. The Hall–Kier alpha value is -1.58. The molecule has 0 fully saturated rings. The van der Waals surface area contributed by atoms with E-state index in [2.05, 4.69) is 10.2 Å². The van der Waals surface area contributed by atoms with E-state index < -0.39 is 0 Å². The molecule has 2 rings (SSSR count). The highest BCUT2D eigenvalue weighted by Gasteiger charge is 1.96. The summed E-state index contributed by atoms with van der Waals surface area (Å²) < 4.78 is 1.47. The molecular weight excluding hydrogens is 166 g/mol. The predicted molar refractivity (Wildman–Crippen MR) is 51.9 cm³/mol. The quantitative estimate of drug-likeness (QED) is 0.663. The van der Waals surface area contributed by atoms with Gasteiger partial charge in [0.2, 0.25) is 0 Å². The van der Waals surface area contributed by atoms with Crippen molar-refractivity contribution in [3.05, 3.63) is 34.4 Å². The van der Waals surface area contributed by atoms with Crippen molar-refractivity contribution in [2.75, 3.05) is 0 Å². The zero-order chi connectivity index (χ0) is 9.84. The number of aryl methyl sites for hydroxylation is 1. The van der Waals surface area contributed by atoms with E-state index in [0.717, 1.165) is 5.56 Å². The number of hydrogen-bond acceptors (Lipinski definition) is 2. The van der Waals surface area contributed by atoms with E-state index in [0.29, 0.717) is 5.65 Å². The lowest BCUT2D eigenvalue weighted by Gasteiger charge is -1.90. The minimum absolute atomic E-state index is 0.194. The summed E-state index contributed by atoms with van der Waals surface area (Å²) in [4.78, 5) is 10.9. The fraction of sp³-hybridized carbons (Fsp3) is 0.333. The Bertz CT molecular complexity index is 441. The first-order valence-electron chi connectivity index (χ1n) is 4.31. The Labute approximate surface area is 76.2 Å². The van der Waals surface area contributed by atoms with E-state index in [-0.39, 0.29) is 5.69 Å². The molecule has 4 nitrogen and oxygen atoms in total. The van der Waals surface area contributed by atoms with Gasteiger partial charge in [-0.25, -0.2) is 9.89 Å². The van der Waals surface area contributed by atoms with Crippen molar-refractivity contribution in [1.29, 1.82) is 0 Å². The van der Waals surface area contributed by atoms with Crippen LogP contribution in [0.2, 0.25) is 0 Å². The Morgan fingerprint density at radius 3 is 2.85 bits per heavy atom. The molecule has 0 aromatic carbocycles. The molecule has 0 spiro atoms. The molecule has 0 saturated carbocycles. The number of nitrogens with zero attached hydrogens (tertiary/aromatic N) is 2. The molecule has 0 amide bonds. The summed E-state index contributed by atoms with van der Waals surface area (Å²) in [6.45, 7) is 5.96. The Balaban J connectivity index is 0.000000396. The average Bonchev–Trinajstić information content (AvgIpc) is 2.51. The molecule has 2 aromatic rings. The monoisotopic (exact) mass is 179 g/mol. The Morgan fingerprint density at radius 2 is 2.15 bits per heavy atom. The minimum atomic E-state index is -0.194. The number of fused-ring (bicyclic) bond motifs is 1. The second-order valence-corrected chi connectivity index (χ2v) is 2.46. The van der Waals surface area contributed by atoms with Crippen molar-refractivity contribution in [2.24, 2.45) is 0 Å². The van der Waals surface area contributed by atoms with Crippen LogP contribution < -0.4 is 5.69 Å². The van der Waals surface area contributed by atoms with Gasteiger partial charge in [-0.3, -0.25) is 4.40 Å². The molecule has 0 bridgehead atoms. The molecular formula is C9H13N3O. The van der Waals surface area contributed by atoms with Gasteiger partial charge in [-0.15, -0.1) is 0 Å². The highest BCUT2D eigenvalue weighted by molar-refractivity contribution is 5.38. The van der Waals surface area contributed by atoms with Crippen molar-refractivity contribution < 1.29 is 0 Å². The third-order valence-electron chi connectivity index (χ3n) is 1.57. The third-order valence-corrected chi connectivity index (χ3v) is 1.57. The van der Waals surface area contributed by atoms with Crippen LogP contribution in [-0.4, -0.2) is 14.6 Å². The van der Waals surface area contributed by atoms with Gasteiger partial charge >= 0.3 is 5.69 Å². The molecule has 1 N–H and O–H groups in total. The standard InChI is InChI=1S/C7H7N3O.C2H6/c1-5-2-3-10-6(4-5)8-9-7(10)11;1-2/h2-4H,1H3,(H,9,11);1-2H3. The molecule has 0 atom stereocenters. The summed E-state index contributed by atoms with van der Waals surface area (Å²) >= 11 is 0. The number of hydrogen-bond donors (Lipinski definition) is 1. The van der Waals surface area contributed by atoms with Crippen molar-refractivity contribution in [2.45, 2.75) is 20.8 Å². The molecule has 13 heavy (non-hydrogen) atoms. The van der Waals surface area contributed by atoms with Gasteiger partial charge in [-0.1, -0.05) is 13.8 Å². The SMILES string of the molecule is CC.Cc1ccn2c(=O)[nH]nc2c1. The first-order chi connectivity index (χ1) is 6.27. The maximum absolute atomic E-state index is 10.9. The maximum atomic E-state index is 10.9. The van der Waals surface area contributed by atoms with Gasteiger partial charge in [0.1, 0.15) is 0 Å². The highest BCUT2D eigenvalue weighted by Crippen LogP contribution is 1.98. The summed E-state index contributed by atoms with van der Waals surface area (Å²) in [6, 6.07) is 3.71. The van der Waals surface area contributed by atoms with Crippen LogP contribution in [-0.2, 0) is 0 Å². The van der Waals surface area contributed by atoms with Crippen LogP contribution in [0.5, 0.6) is 0 Å². The number of nitrogens with one attached hydrogen (secondary N) is 1. The molecule has 0 aliphatic carbocycles. The largest absolute Gasteiger partial charge is 0.347 e. The van der Waals surface area contributed by atoms with E-state index in [4.69, 9.17) is 0 Å². The first-order valence-corrected chi connectivity index (χ1v) is 4.31. The number of H-pyrrole nitrogens is 1. The number of aromatic amines is 1. The van der Waals surface area contributed by atoms with Crippen molar-refractivity contribution in [3.63, 3.8) is 0 Å². The van der Waals surface area contributed by atoms with Gasteiger partial charge in [-0.05, 0) is 24.6 Å². The van der Waals surface area contributed by atoms with Gasteiger partial charge in [-0.2, -0.15) is 5.10 Å². The molecule has 4 heteroatoms. The summed E-state index contributed by atoms with van der Waals surface area (Å²) in [6.07, 6.45) is 1.70. The molecule has 0 saturated heterocycles. The molecule has 0 unspecified atom stereocenters. The number of aromatic nitrogens is 3. The van der Waals surface area contributed by atoms with Crippen LogP contribution >= 0.6 is 0 Å². The lowest BCUT2D eigenvalue weighted by atomic mass is 10.3. The lowest BCUT2D eigenvalue weighted by Crippen LogP contribution is -2.08. The zero-order valence-electron chi connectivity index (χ0n) is 8.03. The zero-order valence-corrected chi connectivity index (χ0v) is 8.03. The second-order valence-electron chi connectivity index (χ2n) is 2.46. The van der Waals surface area contributed by atoms with E-state index in [9.17, 15) is 4.79 Å². The lowest BCUT2D eigenvalue weighted by molar-refractivity contribution is 1.02. The van der Waals surface area contributed by atoms with Crippen LogP contribution in [0.25, 0.3) is 5.65 Å². The Morgan fingerprint density at radius 1 is 1.46 bits per heavy atom. The summed E-state index contributed by atoms with van der Waals surface area (Å²) in [7, 11) is 0. The van der Waals surface area contributed by atoms with E-state index in [1.807, 2.05) is 32.9 Å². The van der Waals surface area contributed by atoms with Crippen LogP contribution in [0.1, 0.15) is 19.4 Å². The number of rotatable bonds is 0. The molecule has 0 aliphatic rings. The normalized spacial score (nSPS) is 9.46. The van der Waals surface area contributed by atoms with Crippen LogP contribution in [0.15, 0.2) is 23.1 Å². The van der Waals surface area contributed by atoms with Gasteiger partial charge in [0.25, 0.3) is 0 Å². The fourth-order valence-electron chi connectivity index (χ4n) is 1.01. The topological polar surface area (TPSA) is 50.2 Å². The van der Waals surface area contributed by atoms with Crippen molar-refractivity contribution >= 4 is 5.65 Å². The molecule has 70 valence electrons. The van der Waals surface area contributed by atoms with E-state index in [1.54, 1.807) is 6.20 Å². The average molecular weight is 179 g/mol. The van der Waals surface area contributed by atoms with Crippen molar-refractivity contribution in [1.82, 2.24) is 14.6 Å². The van der Waals surface area contributed by atoms with Crippen LogP contribution in [0.3, 0.4) is 0 Å². The predicted octanol–water partition coefficient (Wildman–Crippen LogP) is 1.36. The first kappa shape index (κ1) is 9.51. The van der Waals surface area contributed by atoms with E-state index in [1.165, 1.54) is 4.40 Å². The molecule has 2 heterocycles. The molecule has 0 radical (unpaired) electrons. The second kappa shape index (κ2) is 3.89. The van der Waals surface area contributed by atoms with Crippen LogP contribution in [0.4, 0.5) is 0 Å². The van der Waals surface area contributed by atoms with Gasteiger partial charge < -0.3 is 0 Å². The third kappa shape index (κ3) is 1.77. The molecule has 0 aliphatic heterocycles. The van der Waals surface area contributed by atoms with Crippen LogP contribution in [0, 0.1) is 6.92 Å². The van der Waals surface area contributed by atoms with Gasteiger partial charge in [0, 0.05) is 6.20 Å². The van der Waals surface area contributed by atoms with Gasteiger partial charge in [0.05, 0.1) is 0 Å². The summed E-state index contributed by atoms with van der Waals surface area (Å²) in [5.74, 6) is 0. The minimum Gasteiger partial charge on any atom is -0.250 e. The van der Waals surface area contributed by atoms with E-state index >= 15 is 0 Å². The number of pyridine rings is 1. The molecule has 2 aromatic heterocycles. The fourth-order valence-corrected chi connectivity index (χ4v) is 1.01. The highest BCUT2D eigenvalue weighted by atomic mass is 16.1. The van der Waals surface area contributed by atoms with Gasteiger partial charge in [0.15, 0.2) is 5.65 Å². The summed E-state index contributed by atoms with van der Waals surface area (Å²) in [5.41, 5.74) is 1.56. The summed E-state index contributed by atoms with van der Waals surface area (Å²) in [5, 5.41) is 6.17. The maximum Gasteiger partial charge on any atom is 0.347 e. The van der Waals surface area contributed by atoms with Crippen molar-refractivity contribution in [3.8, 4) is 0 Å².